The summed E-state index contributed by atoms with van der Waals surface area (Å²) in [6.07, 6.45) is 28.8. The van der Waals surface area contributed by atoms with Gasteiger partial charge in [0.2, 0.25) is 0 Å². The molecule has 6 aliphatic heterocycles. The highest BCUT2D eigenvalue weighted by atomic mass is 31.4. The van der Waals surface area contributed by atoms with Crippen LogP contribution >= 0.6 is 7.47 Å². The van der Waals surface area contributed by atoms with Gasteiger partial charge in [0, 0.05) is 46.3 Å². The summed E-state index contributed by atoms with van der Waals surface area (Å²) >= 11 is 0. The molecule has 2 aromatic rings. The van der Waals surface area contributed by atoms with Gasteiger partial charge in [-0.2, -0.15) is 0 Å². The Labute approximate surface area is 414 Å². The lowest BCUT2D eigenvalue weighted by atomic mass is 10.4. The van der Waals surface area contributed by atoms with Crippen molar-refractivity contribution in [3.8, 4) is 0 Å². The summed E-state index contributed by atoms with van der Waals surface area (Å²) in [7, 11) is -34.1. The van der Waals surface area contributed by atoms with E-state index in [-0.39, 0.29) is 38.8 Å². The highest BCUT2D eigenvalue weighted by Crippen LogP contribution is 2.68. The molecule has 0 unspecified atom stereocenters. The van der Waals surface area contributed by atoms with Gasteiger partial charge in [0.05, 0.1) is 0 Å². The molecule has 68 heavy (non-hydrogen) atoms. The van der Waals surface area contributed by atoms with Gasteiger partial charge < -0.3 is 49.4 Å². The molecule has 0 atom stereocenters. The molecule has 8 bridgehead atoms. The number of hydrogen-bond acceptors (Lipinski definition) is 12. The van der Waals surface area contributed by atoms with E-state index in [1.54, 1.807) is 0 Å². The Bertz CT molecular complexity index is 1920. The van der Waals surface area contributed by atoms with Crippen molar-refractivity contribution in [1.29, 1.82) is 0 Å². The molecule has 0 radical (unpaired) electrons. The van der Waals surface area contributed by atoms with Gasteiger partial charge in [-0.15, -0.1) is 0 Å². The fourth-order valence-corrected chi connectivity index (χ4v) is 80.3. The number of benzene rings is 2. The van der Waals surface area contributed by atoms with E-state index < -0.39 is 77.6 Å². The molecule has 0 N–H and O–H groups in total. The Morgan fingerprint density at radius 3 is 0.618 bits per heavy atom. The monoisotopic (exact) mass is 1080 g/mol. The summed E-state index contributed by atoms with van der Waals surface area (Å²) in [5, 5.41) is 2.29. The van der Waals surface area contributed by atoms with Gasteiger partial charge in [0.15, 0.2) is 0 Å². The molecule has 0 aromatic heterocycles. The van der Waals surface area contributed by atoms with Gasteiger partial charge in [0.1, 0.15) is 0 Å². The Balaban J connectivity index is 1.13. The smallest absolute Gasteiger partial charge is 0.373 e. The van der Waals surface area contributed by atoms with Crippen LogP contribution in [0.5, 0.6) is 0 Å². The average molecular weight is 1090 g/mol. The van der Waals surface area contributed by atoms with Crippen molar-refractivity contribution in [2.75, 3.05) is 0 Å². The second kappa shape index (κ2) is 17.9. The third-order valence-corrected chi connectivity index (χ3v) is 64.5. The normalized spacial score (nSPS) is 44.4. The summed E-state index contributed by atoms with van der Waals surface area (Å²) in [4.78, 5) is 0. The van der Waals surface area contributed by atoms with Crippen molar-refractivity contribution >= 4 is 88.2 Å². The average Bonchev–Trinajstić information content (AvgIpc) is 4.19. The van der Waals surface area contributed by atoms with Crippen LogP contribution in [0.1, 0.15) is 180 Å². The van der Waals surface area contributed by atoms with Crippen molar-refractivity contribution < 1.29 is 49.4 Å². The highest BCUT2D eigenvalue weighted by molar-refractivity contribution is 8.02. The molecule has 7 saturated carbocycles. The molecule has 15 rings (SSSR count). The molecular weight excluding hydrogens is 1010 g/mol. The van der Waals surface area contributed by atoms with Crippen LogP contribution in [0.4, 0.5) is 0 Å². The fraction of sp³-hybridized carbons (Fsp3) is 0.745. The van der Waals surface area contributed by atoms with Crippen molar-refractivity contribution in [3.05, 3.63) is 60.7 Å². The molecule has 21 heteroatoms. The summed E-state index contributed by atoms with van der Waals surface area (Å²) in [5.74, 6) is 0. The Kier molecular flexibility index (Phi) is 12.3. The Morgan fingerprint density at radius 1 is 0.250 bits per heavy atom. The van der Waals surface area contributed by atoms with E-state index in [9.17, 15) is 0 Å². The first-order valence-corrected chi connectivity index (χ1v) is 44.2. The van der Waals surface area contributed by atoms with Crippen molar-refractivity contribution in [2.45, 2.75) is 219 Å². The second-order valence-corrected chi connectivity index (χ2v) is 52.5. The summed E-state index contributed by atoms with van der Waals surface area (Å²) in [6, 6.07) is 22.0. The van der Waals surface area contributed by atoms with Crippen LogP contribution in [-0.2, 0) is 49.4 Å². The molecule has 13 fully saturated rings. The molecule has 0 amide bonds. The summed E-state index contributed by atoms with van der Waals surface area (Å²) in [5.41, 5.74) is 0.131. The van der Waals surface area contributed by atoms with E-state index in [2.05, 4.69) is 60.7 Å². The molecular formula is C47H73O12PSi8. The van der Waals surface area contributed by atoms with Crippen LogP contribution in [0.2, 0.25) is 38.8 Å². The lowest BCUT2D eigenvalue weighted by Crippen LogP contribution is -2.90. The van der Waals surface area contributed by atoms with Crippen LogP contribution in [0, 0.1) is 0 Å². The van der Waals surface area contributed by atoms with Gasteiger partial charge in [-0.1, -0.05) is 151 Å². The first kappa shape index (κ1) is 46.6. The lowest BCUT2D eigenvalue weighted by Gasteiger charge is -2.67. The highest BCUT2D eigenvalue weighted by Gasteiger charge is 2.89. The maximum absolute atomic E-state index is 8.81. The molecule has 370 valence electrons. The minimum absolute atomic E-state index is 0.00606. The van der Waals surface area contributed by atoms with E-state index in [0.717, 1.165) is 190 Å². The quantitative estimate of drug-likeness (QED) is 0.167. The minimum Gasteiger partial charge on any atom is -0.373 e. The molecule has 6 saturated heterocycles. The van der Waals surface area contributed by atoms with Crippen molar-refractivity contribution in [2.24, 2.45) is 0 Å². The molecule has 13 aliphatic rings. The number of hydrogen-bond donors (Lipinski definition) is 0. The van der Waals surface area contributed by atoms with Crippen LogP contribution in [0.15, 0.2) is 60.7 Å². The number of rotatable bonds is 10. The van der Waals surface area contributed by atoms with Gasteiger partial charge >= 0.3 is 70.1 Å². The first-order chi connectivity index (χ1) is 33.3. The molecule has 7 aliphatic carbocycles. The molecule has 12 nitrogen and oxygen atoms in total. The van der Waals surface area contributed by atoms with Crippen LogP contribution in [-0.4, -0.2) is 70.1 Å². The molecule has 0 spiro atoms. The SMILES string of the molecule is c1ccc(P(c2ccccc2)[Si]23O[Si]4(C5CCCC5)O[Si]5(C6CCCC6)O[Si]6(C7CCCC7)O[Si](C7CCCC7)(O4)O[Si](C4CCCC4)(O[Si](C4CCCC4)(O6)O[Si](C4CCCC4)(O5)O2)O3)cc1. The van der Waals surface area contributed by atoms with E-state index in [0.29, 0.717) is 0 Å². The molecule has 2 aromatic carbocycles. The predicted octanol–water partition coefficient (Wildman–Crippen LogP) is 12.0. The standard InChI is InChI=1S/C47H73O12PSi8/c1-3-21-39(22-4-1)60(40-23-5-2-6-24-40)68-57-65(45-33-15-16-34-45)51-62(42-27-9-10-28-42)48-61(41-25-7-8-26-41)49-63(53-65,43-29-11-12-30-43)55-67(59-68,47-37-19-20-38-47)56-64(50-61,44-31-13-14-32-44)54-66(52-62,58-68)46-35-17-18-36-46/h1-6,21-24,41-47H,7-20,25-38H2. The van der Waals surface area contributed by atoms with Crippen LogP contribution in [0.25, 0.3) is 0 Å². The van der Waals surface area contributed by atoms with E-state index in [1.807, 2.05) is 0 Å². The summed E-state index contributed by atoms with van der Waals surface area (Å²) in [6.45, 7) is 0. The minimum atomic E-state index is -4.34. The zero-order chi connectivity index (χ0) is 45.1. The Morgan fingerprint density at radius 2 is 0.426 bits per heavy atom. The van der Waals surface area contributed by atoms with Gasteiger partial charge in [-0.25, -0.2) is 0 Å². The van der Waals surface area contributed by atoms with Crippen LogP contribution < -0.4 is 10.6 Å². The zero-order valence-corrected chi connectivity index (χ0v) is 48.9. The van der Waals surface area contributed by atoms with Gasteiger partial charge in [-0.05, 0) is 101 Å². The van der Waals surface area contributed by atoms with Gasteiger partial charge in [0.25, 0.3) is 0 Å². The predicted molar refractivity (Wildman–Crippen MR) is 274 cm³/mol. The fourth-order valence-electron chi connectivity index (χ4n) is 15.3. The summed E-state index contributed by atoms with van der Waals surface area (Å²) < 4.78 is 104. The third kappa shape index (κ3) is 7.52. The second-order valence-electron chi connectivity index (χ2n) is 22.8. The maximum Gasteiger partial charge on any atom is 0.514 e. The topological polar surface area (TPSA) is 111 Å². The van der Waals surface area contributed by atoms with Crippen molar-refractivity contribution in [1.82, 2.24) is 0 Å². The molecule has 6 heterocycles. The van der Waals surface area contributed by atoms with E-state index in [1.165, 1.54) is 0 Å². The van der Waals surface area contributed by atoms with E-state index in [4.69, 9.17) is 49.4 Å². The largest absolute Gasteiger partial charge is 0.514 e. The maximum atomic E-state index is 8.81. The van der Waals surface area contributed by atoms with Crippen molar-refractivity contribution in [3.63, 3.8) is 0 Å². The van der Waals surface area contributed by atoms with Crippen LogP contribution in [0.3, 0.4) is 0 Å². The lowest BCUT2D eigenvalue weighted by molar-refractivity contribution is -0.0408. The Hall–Kier alpha value is 0.125. The third-order valence-electron chi connectivity index (χ3n) is 18.7. The zero-order valence-electron chi connectivity index (χ0n) is 40.0. The van der Waals surface area contributed by atoms with Gasteiger partial charge in [-0.3, -0.25) is 0 Å². The first-order valence-electron chi connectivity index (χ1n) is 27.6. The van der Waals surface area contributed by atoms with E-state index >= 15 is 0 Å².